The van der Waals surface area contributed by atoms with Gasteiger partial charge in [0.25, 0.3) is 0 Å². The van der Waals surface area contributed by atoms with E-state index in [0.29, 0.717) is 6.04 Å². The number of thiophene rings is 1. The normalized spacial score (nSPS) is 12.9. The van der Waals surface area contributed by atoms with E-state index in [-0.39, 0.29) is 0 Å². The van der Waals surface area contributed by atoms with Crippen LogP contribution in [0.3, 0.4) is 0 Å². The quantitative estimate of drug-likeness (QED) is 0.772. The lowest BCUT2D eigenvalue weighted by atomic mass is 10.2. The van der Waals surface area contributed by atoms with Gasteiger partial charge in [0, 0.05) is 23.7 Å². The van der Waals surface area contributed by atoms with Gasteiger partial charge >= 0.3 is 0 Å². The van der Waals surface area contributed by atoms with Crippen LogP contribution in [-0.2, 0) is 13.0 Å². The smallest absolute Gasteiger partial charge is 0.136 e. The Kier molecular flexibility index (Phi) is 3.62. The second kappa shape index (κ2) is 5.55. The Morgan fingerprint density at radius 2 is 2.26 bits per heavy atom. The van der Waals surface area contributed by atoms with Crippen LogP contribution in [0.5, 0.6) is 0 Å². The molecule has 0 spiro atoms. The summed E-state index contributed by atoms with van der Waals surface area (Å²) in [6.45, 7) is 3.07. The van der Waals surface area contributed by atoms with Gasteiger partial charge in [-0.15, -0.1) is 11.3 Å². The molecule has 0 aliphatic heterocycles. The van der Waals surface area contributed by atoms with Gasteiger partial charge in [-0.25, -0.2) is 4.98 Å². The van der Waals surface area contributed by atoms with E-state index < -0.39 is 0 Å². The summed E-state index contributed by atoms with van der Waals surface area (Å²) in [5.41, 5.74) is 2.21. The maximum atomic E-state index is 4.40. The zero-order valence-corrected chi connectivity index (χ0v) is 11.7. The van der Waals surface area contributed by atoms with Crippen molar-refractivity contribution in [3.63, 3.8) is 0 Å². The fourth-order valence-corrected chi connectivity index (χ4v) is 3.03. The minimum absolute atomic E-state index is 0.466. The first-order valence-corrected chi connectivity index (χ1v) is 7.37. The number of aromatic nitrogens is 2. The Bertz CT molecular complexity index is 642. The summed E-state index contributed by atoms with van der Waals surface area (Å²) >= 11 is 1.82. The zero-order valence-electron chi connectivity index (χ0n) is 10.9. The minimum atomic E-state index is 0.466. The van der Waals surface area contributed by atoms with Crippen LogP contribution in [-0.4, -0.2) is 15.4 Å². The fourth-order valence-electron chi connectivity index (χ4n) is 2.20. The van der Waals surface area contributed by atoms with Gasteiger partial charge in [0.1, 0.15) is 5.65 Å². The van der Waals surface area contributed by atoms with Gasteiger partial charge in [0.15, 0.2) is 0 Å². The van der Waals surface area contributed by atoms with Crippen LogP contribution in [0.25, 0.3) is 5.65 Å². The first-order valence-electron chi connectivity index (χ1n) is 6.49. The van der Waals surface area contributed by atoms with Crippen molar-refractivity contribution in [1.29, 1.82) is 0 Å². The van der Waals surface area contributed by atoms with E-state index >= 15 is 0 Å². The molecular formula is C15H17N3S. The third-order valence-corrected chi connectivity index (χ3v) is 4.11. The van der Waals surface area contributed by atoms with Gasteiger partial charge in [0.05, 0.1) is 11.9 Å². The third kappa shape index (κ3) is 2.85. The molecule has 0 amide bonds. The largest absolute Gasteiger partial charge is 0.308 e. The van der Waals surface area contributed by atoms with E-state index in [1.165, 1.54) is 10.6 Å². The molecular weight excluding hydrogens is 254 g/mol. The van der Waals surface area contributed by atoms with Gasteiger partial charge in [-0.2, -0.15) is 0 Å². The van der Waals surface area contributed by atoms with E-state index in [4.69, 9.17) is 0 Å². The lowest BCUT2D eigenvalue weighted by molar-refractivity contribution is 0.541. The summed E-state index contributed by atoms with van der Waals surface area (Å²) < 4.78 is 2.13. The third-order valence-electron chi connectivity index (χ3n) is 3.21. The first-order chi connectivity index (χ1) is 9.33. The summed E-state index contributed by atoms with van der Waals surface area (Å²) in [7, 11) is 0. The molecule has 4 heteroatoms. The lowest BCUT2D eigenvalue weighted by Crippen LogP contribution is -2.27. The van der Waals surface area contributed by atoms with Crippen LogP contribution in [0.15, 0.2) is 48.1 Å². The number of nitrogens with one attached hydrogen (secondary N) is 1. The number of nitrogens with zero attached hydrogens (tertiary/aromatic N) is 2. The summed E-state index contributed by atoms with van der Waals surface area (Å²) in [5, 5.41) is 5.69. The molecule has 1 atom stereocenters. The minimum Gasteiger partial charge on any atom is -0.308 e. The summed E-state index contributed by atoms with van der Waals surface area (Å²) in [6.07, 6.45) is 5.08. The Balaban J connectivity index is 1.62. The van der Waals surface area contributed by atoms with E-state index in [0.717, 1.165) is 18.6 Å². The highest BCUT2D eigenvalue weighted by atomic mass is 32.1. The average molecular weight is 271 g/mol. The second-order valence-electron chi connectivity index (χ2n) is 4.74. The number of hydrogen-bond acceptors (Lipinski definition) is 3. The van der Waals surface area contributed by atoms with Crippen LogP contribution in [0.1, 0.15) is 17.5 Å². The van der Waals surface area contributed by atoms with Crippen LogP contribution >= 0.6 is 11.3 Å². The monoisotopic (exact) mass is 271 g/mol. The molecule has 0 aliphatic rings. The van der Waals surface area contributed by atoms with Crippen molar-refractivity contribution in [2.45, 2.75) is 25.9 Å². The number of pyridine rings is 1. The standard InChI is InChI=1S/C15H17N3S/c1-12(9-14-5-4-8-19-14)16-10-13-11-17-15-6-2-3-7-18(13)15/h2-8,11-12,16H,9-10H2,1H3. The Morgan fingerprint density at radius 3 is 3.11 bits per heavy atom. The molecule has 1 unspecified atom stereocenters. The molecule has 3 rings (SSSR count). The van der Waals surface area contributed by atoms with Gasteiger partial charge in [-0.3, -0.25) is 0 Å². The maximum absolute atomic E-state index is 4.40. The van der Waals surface area contributed by atoms with Crippen LogP contribution < -0.4 is 5.32 Å². The molecule has 1 N–H and O–H groups in total. The predicted octanol–water partition coefficient (Wildman–Crippen LogP) is 3.12. The van der Waals surface area contributed by atoms with Crippen molar-refractivity contribution in [3.05, 3.63) is 58.7 Å². The van der Waals surface area contributed by atoms with Crippen molar-refractivity contribution in [3.8, 4) is 0 Å². The first kappa shape index (κ1) is 12.4. The van der Waals surface area contributed by atoms with Gasteiger partial charge < -0.3 is 9.72 Å². The fraction of sp³-hybridized carbons (Fsp3) is 0.267. The number of hydrogen-bond donors (Lipinski definition) is 1. The molecule has 19 heavy (non-hydrogen) atoms. The molecule has 0 saturated heterocycles. The molecule has 3 nitrogen and oxygen atoms in total. The van der Waals surface area contributed by atoms with E-state index in [9.17, 15) is 0 Å². The van der Waals surface area contributed by atoms with Crippen LogP contribution in [0.4, 0.5) is 0 Å². The van der Waals surface area contributed by atoms with E-state index in [1.54, 1.807) is 0 Å². The SMILES string of the molecule is CC(Cc1cccs1)NCc1cnc2ccccn12. The van der Waals surface area contributed by atoms with Gasteiger partial charge in [0.2, 0.25) is 0 Å². The van der Waals surface area contributed by atoms with Crippen molar-refractivity contribution < 1.29 is 0 Å². The van der Waals surface area contributed by atoms with Crippen LogP contribution in [0, 0.1) is 0 Å². The molecule has 3 aromatic heterocycles. The number of rotatable bonds is 5. The molecule has 0 aromatic carbocycles. The Hall–Kier alpha value is -1.65. The van der Waals surface area contributed by atoms with Crippen molar-refractivity contribution in [2.24, 2.45) is 0 Å². The highest BCUT2D eigenvalue weighted by Crippen LogP contribution is 2.11. The second-order valence-corrected chi connectivity index (χ2v) is 5.78. The molecule has 0 fully saturated rings. The lowest BCUT2D eigenvalue weighted by Gasteiger charge is -2.12. The molecule has 3 aromatic rings. The van der Waals surface area contributed by atoms with Crippen molar-refractivity contribution in [2.75, 3.05) is 0 Å². The highest BCUT2D eigenvalue weighted by molar-refractivity contribution is 7.09. The highest BCUT2D eigenvalue weighted by Gasteiger charge is 2.06. The molecule has 98 valence electrons. The van der Waals surface area contributed by atoms with Crippen LogP contribution in [0.2, 0.25) is 0 Å². The maximum Gasteiger partial charge on any atom is 0.136 e. The van der Waals surface area contributed by atoms with E-state index in [1.807, 2.05) is 35.7 Å². The number of imidazole rings is 1. The summed E-state index contributed by atoms with van der Waals surface area (Å²) in [6, 6.07) is 10.8. The summed E-state index contributed by atoms with van der Waals surface area (Å²) in [5.74, 6) is 0. The topological polar surface area (TPSA) is 29.3 Å². The summed E-state index contributed by atoms with van der Waals surface area (Å²) in [4.78, 5) is 5.83. The van der Waals surface area contributed by atoms with Crippen molar-refractivity contribution >= 4 is 17.0 Å². The molecule has 0 radical (unpaired) electrons. The Labute approximate surface area is 116 Å². The average Bonchev–Trinajstić information content (AvgIpc) is 3.05. The van der Waals surface area contributed by atoms with Gasteiger partial charge in [-0.1, -0.05) is 12.1 Å². The molecule has 0 aliphatic carbocycles. The Morgan fingerprint density at radius 1 is 1.32 bits per heavy atom. The molecule has 0 bridgehead atoms. The van der Waals surface area contributed by atoms with Crippen molar-refractivity contribution in [1.82, 2.24) is 14.7 Å². The van der Waals surface area contributed by atoms with Gasteiger partial charge in [-0.05, 0) is 36.9 Å². The zero-order chi connectivity index (χ0) is 13.1. The van der Waals surface area contributed by atoms with E-state index in [2.05, 4.69) is 45.3 Å². The predicted molar refractivity (Wildman–Crippen MR) is 79.5 cm³/mol. The molecule has 0 saturated carbocycles. The molecule has 3 heterocycles. The number of fused-ring (bicyclic) bond motifs is 1.